The zero-order chi connectivity index (χ0) is 21.2. The van der Waals surface area contributed by atoms with Gasteiger partial charge < -0.3 is 9.47 Å². The maximum absolute atomic E-state index is 13.1. The molecule has 152 valence electrons. The van der Waals surface area contributed by atoms with Crippen molar-refractivity contribution in [2.45, 2.75) is 33.0 Å². The summed E-state index contributed by atoms with van der Waals surface area (Å²) in [5, 5.41) is 0.210. The van der Waals surface area contributed by atoms with Crippen LogP contribution < -0.4 is 4.90 Å². The van der Waals surface area contributed by atoms with E-state index in [2.05, 4.69) is 0 Å². The molecule has 0 bridgehead atoms. The zero-order valence-electron chi connectivity index (χ0n) is 16.2. The highest BCUT2D eigenvalue weighted by Crippen LogP contribution is 2.31. The molecular formula is C22H21F3N2O2. The highest BCUT2D eigenvalue weighted by atomic mass is 19.4. The fourth-order valence-electron chi connectivity index (χ4n) is 3.52. The van der Waals surface area contributed by atoms with Gasteiger partial charge in [0.25, 0.3) is 5.78 Å². The van der Waals surface area contributed by atoms with Crippen LogP contribution in [0.3, 0.4) is 0 Å². The molecule has 0 aliphatic heterocycles. The van der Waals surface area contributed by atoms with E-state index in [1.54, 1.807) is 29.2 Å². The van der Waals surface area contributed by atoms with Gasteiger partial charge in [-0.15, -0.1) is 0 Å². The summed E-state index contributed by atoms with van der Waals surface area (Å²) in [6.45, 7) is 3.95. The van der Waals surface area contributed by atoms with Gasteiger partial charge in [-0.1, -0.05) is 43.3 Å². The molecule has 0 spiro atoms. The van der Waals surface area contributed by atoms with E-state index < -0.39 is 17.5 Å². The summed E-state index contributed by atoms with van der Waals surface area (Å²) in [7, 11) is 0. The van der Waals surface area contributed by atoms with Crippen LogP contribution in [0.1, 0.15) is 29.8 Å². The number of benzene rings is 2. The van der Waals surface area contributed by atoms with Crippen LogP contribution in [-0.2, 0) is 17.8 Å². The maximum Gasteiger partial charge on any atom is 0.454 e. The largest absolute Gasteiger partial charge is 0.454 e. The van der Waals surface area contributed by atoms with Crippen LogP contribution in [0.25, 0.3) is 10.9 Å². The number of alkyl halides is 3. The molecule has 0 aliphatic rings. The Morgan fingerprint density at radius 3 is 2.28 bits per heavy atom. The number of aromatic nitrogens is 1. The third kappa shape index (κ3) is 4.04. The quantitative estimate of drug-likeness (QED) is 0.545. The molecule has 0 saturated heterocycles. The Balaban J connectivity index is 2.07. The van der Waals surface area contributed by atoms with E-state index >= 15 is 0 Å². The summed E-state index contributed by atoms with van der Waals surface area (Å²) in [5.74, 6) is -2.18. The number of fused-ring (bicyclic) bond motifs is 1. The lowest BCUT2D eigenvalue weighted by atomic mass is 10.0. The van der Waals surface area contributed by atoms with Crippen LogP contribution in [0.2, 0.25) is 0 Å². The van der Waals surface area contributed by atoms with Crippen LogP contribution in [-0.4, -0.2) is 29.0 Å². The Morgan fingerprint density at radius 2 is 1.69 bits per heavy atom. The first-order valence-corrected chi connectivity index (χ1v) is 9.35. The standard InChI is InChI=1S/C22H21F3N2O2/c1-3-15-9-8-12-17-18(21(29)22(23,24)25)13-26(20(15)17)14-19(28)27(4-2)16-10-6-5-7-11-16/h5-13H,3-4,14H2,1-2H3. The molecule has 3 aromatic rings. The highest BCUT2D eigenvalue weighted by Gasteiger charge is 2.41. The van der Waals surface area contributed by atoms with E-state index in [0.29, 0.717) is 24.2 Å². The number of Topliss-reactive ketones (excluding diaryl/α,β-unsaturated/α-hetero) is 1. The van der Waals surface area contributed by atoms with Gasteiger partial charge in [0.1, 0.15) is 6.54 Å². The molecule has 0 saturated carbocycles. The number of rotatable bonds is 6. The summed E-state index contributed by atoms with van der Waals surface area (Å²) >= 11 is 0. The predicted molar refractivity (Wildman–Crippen MR) is 106 cm³/mol. The monoisotopic (exact) mass is 402 g/mol. The molecule has 1 aromatic heterocycles. The number of carbonyl (C=O) groups is 2. The van der Waals surface area contributed by atoms with Gasteiger partial charge in [0, 0.05) is 23.8 Å². The van der Waals surface area contributed by atoms with Crippen molar-refractivity contribution >= 4 is 28.3 Å². The van der Waals surface area contributed by atoms with Gasteiger partial charge in [0.2, 0.25) is 5.91 Å². The predicted octanol–water partition coefficient (Wildman–Crippen LogP) is 5.00. The minimum Gasteiger partial charge on any atom is -0.337 e. The highest BCUT2D eigenvalue weighted by molar-refractivity contribution is 6.11. The number of aryl methyl sites for hydroxylation is 1. The van der Waals surface area contributed by atoms with Crippen molar-refractivity contribution in [3.05, 3.63) is 65.9 Å². The van der Waals surface area contributed by atoms with E-state index in [-0.39, 0.29) is 17.8 Å². The number of hydrogen-bond acceptors (Lipinski definition) is 2. The van der Waals surface area contributed by atoms with E-state index in [1.807, 2.05) is 32.0 Å². The summed E-state index contributed by atoms with van der Waals surface area (Å²) in [6, 6.07) is 14.0. The molecule has 3 rings (SSSR count). The maximum atomic E-state index is 13.1. The molecular weight excluding hydrogens is 381 g/mol. The van der Waals surface area contributed by atoms with Crippen LogP contribution >= 0.6 is 0 Å². The number of ketones is 1. The minimum absolute atomic E-state index is 0.165. The van der Waals surface area contributed by atoms with Crippen molar-refractivity contribution in [1.82, 2.24) is 4.57 Å². The third-order valence-corrected chi connectivity index (χ3v) is 4.86. The van der Waals surface area contributed by atoms with Crippen molar-refractivity contribution < 1.29 is 22.8 Å². The summed E-state index contributed by atoms with van der Waals surface area (Å²) in [6.07, 6.45) is -3.27. The summed E-state index contributed by atoms with van der Waals surface area (Å²) in [4.78, 5) is 26.5. The summed E-state index contributed by atoms with van der Waals surface area (Å²) < 4.78 is 40.7. The van der Waals surface area contributed by atoms with Crippen molar-refractivity contribution in [2.75, 3.05) is 11.4 Å². The second-order valence-electron chi connectivity index (χ2n) is 6.64. The Hall–Kier alpha value is -3.09. The van der Waals surface area contributed by atoms with Gasteiger partial charge in [0.05, 0.1) is 11.1 Å². The number of carbonyl (C=O) groups excluding carboxylic acids is 2. The van der Waals surface area contributed by atoms with Crippen LogP contribution in [0.5, 0.6) is 0 Å². The van der Waals surface area contributed by atoms with Gasteiger partial charge in [-0.2, -0.15) is 13.2 Å². The fraction of sp³-hybridized carbons (Fsp3) is 0.273. The number of hydrogen-bond donors (Lipinski definition) is 0. The Morgan fingerprint density at radius 1 is 1.00 bits per heavy atom. The molecule has 0 radical (unpaired) electrons. The van der Waals surface area contributed by atoms with Crippen molar-refractivity contribution in [2.24, 2.45) is 0 Å². The topological polar surface area (TPSA) is 42.3 Å². The Bertz CT molecular complexity index is 1040. The smallest absolute Gasteiger partial charge is 0.337 e. The lowest BCUT2D eigenvalue weighted by Gasteiger charge is -2.21. The van der Waals surface area contributed by atoms with Crippen LogP contribution in [0, 0.1) is 0 Å². The molecule has 1 amide bonds. The molecule has 0 fully saturated rings. The molecule has 29 heavy (non-hydrogen) atoms. The molecule has 0 aliphatic carbocycles. The fourth-order valence-corrected chi connectivity index (χ4v) is 3.52. The van der Waals surface area contributed by atoms with E-state index in [4.69, 9.17) is 0 Å². The SMILES string of the molecule is CCc1cccc2c(C(=O)C(F)(F)F)cn(CC(=O)N(CC)c3ccccc3)c12. The molecule has 0 atom stereocenters. The zero-order valence-corrected chi connectivity index (χ0v) is 16.2. The van der Waals surface area contributed by atoms with Crippen molar-refractivity contribution in [1.29, 1.82) is 0 Å². The first-order valence-electron chi connectivity index (χ1n) is 9.35. The Labute approximate surface area is 166 Å². The summed E-state index contributed by atoms with van der Waals surface area (Å²) in [5.41, 5.74) is 1.54. The van der Waals surface area contributed by atoms with Gasteiger partial charge >= 0.3 is 6.18 Å². The van der Waals surface area contributed by atoms with Gasteiger partial charge in [-0.3, -0.25) is 9.59 Å². The van der Waals surface area contributed by atoms with Gasteiger partial charge in [-0.05, 0) is 31.0 Å². The van der Waals surface area contributed by atoms with Crippen LogP contribution in [0.15, 0.2) is 54.7 Å². The third-order valence-electron chi connectivity index (χ3n) is 4.86. The number of anilines is 1. The first kappa shape index (κ1) is 20.6. The van der Waals surface area contributed by atoms with Gasteiger partial charge in [0.15, 0.2) is 0 Å². The molecule has 0 N–H and O–H groups in total. The average molecular weight is 402 g/mol. The molecule has 7 heteroatoms. The van der Waals surface area contributed by atoms with E-state index in [0.717, 1.165) is 11.8 Å². The normalized spacial score (nSPS) is 11.6. The molecule has 0 unspecified atom stereocenters. The first-order chi connectivity index (χ1) is 13.8. The lowest BCUT2D eigenvalue weighted by molar-refractivity contribution is -0.119. The molecule has 4 nitrogen and oxygen atoms in total. The number of nitrogens with zero attached hydrogens (tertiary/aromatic N) is 2. The minimum atomic E-state index is -4.98. The number of amides is 1. The number of likely N-dealkylation sites (N-methyl/N-ethyl adjacent to an activating group) is 1. The van der Waals surface area contributed by atoms with Gasteiger partial charge in [-0.25, -0.2) is 0 Å². The van der Waals surface area contributed by atoms with E-state index in [9.17, 15) is 22.8 Å². The lowest BCUT2D eigenvalue weighted by Crippen LogP contribution is -2.33. The number of halogens is 3. The molecule has 1 heterocycles. The van der Waals surface area contributed by atoms with Crippen LogP contribution in [0.4, 0.5) is 18.9 Å². The number of para-hydroxylation sites is 2. The van der Waals surface area contributed by atoms with E-state index in [1.165, 1.54) is 10.6 Å². The second kappa shape index (κ2) is 8.11. The average Bonchev–Trinajstić information content (AvgIpc) is 3.06. The second-order valence-corrected chi connectivity index (χ2v) is 6.64. The van der Waals surface area contributed by atoms with Crippen molar-refractivity contribution in [3.8, 4) is 0 Å². The Kier molecular flexibility index (Phi) is 5.77. The molecule has 2 aromatic carbocycles. The van der Waals surface area contributed by atoms with Crippen molar-refractivity contribution in [3.63, 3.8) is 0 Å².